The highest BCUT2D eigenvalue weighted by Crippen LogP contribution is 2.21. The summed E-state index contributed by atoms with van der Waals surface area (Å²) in [4.78, 5) is 0.0110. The van der Waals surface area contributed by atoms with Gasteiger partial charge in [0.2, 0.25) is 0 Å². The third kappa shape index (κ3) is 22.7. The van der Waals surface area contributed by atoms with E-state index in [0.29, 0.717) is 0 Å². The van der Waals surface area contributed by atoms with Crippen LogP contribution in [0.25, 0.3) is 0 Å². The van der Waals surface area contributed by atoms with Gasteiger partial charge in [-0.3, -0.25) is 0 Å². The lowest BCUT2D eigenvalue weighted by Crippen LogP contribution is -2.08. The van der Waals surface area contributed by atoms with Gasteiger partial charge >= 0.3 is 0 Å². The molecule has 0 aromatic carbocycles. The van der Waals surface area contributed by atoms with Gasteiger partial charge in [-0.25, -0.2) is 0 Å². The molecule has 0 aliphatic heterocycles. The Hall–Kier alpha value is 0.250. The Labute approximate surface area is 140 Å². The summed E-state index contributed by atoms with van der Waals surface area (Å²) in [6.45, 7) is 6.53. The van der Waals surface area contributed by atoms with Crippen molar-refractivity contribution in [3.8, 4) is 0 Å². The summed E-state index contributed by atoms with van der Waals surface area (Å²) in [5.74, 6) is 0. The van der Waals surface area contributed by atoms with Crippen molar-refractivity contribution in [1.82, 2.24) is 6.15 Å². The first kappa shape index (κ1) is 23.5. The van der Waals surface area contributed by atoms with Crippen LogP contribution in [0.15, 0.2) is 0 Å². The smallest absolute Gasteiger partial charge is 0.0390 e. The van der Waals surface area contributed by atoms with Crippen LogP contribution in [0.3, 0.4) is 0 Å². The Kier molecular flexibility index (Phi) is 18.6. The van der Waals surface area contributed by atoms with Crippen LogP contribution in [-0.4, -0.2) is 4.87 Å². The number of alkyl halides is 1. The lowest BCUT2D eigenvalue weighted by molar-refractivity contribution is 0.516. The molecule has 0 aromatic rings. The molecule has 0 atom stereocenters. The normalized spacial score (nSPS) is 11.4. The maximum atomic E-state index is 6.18. The van der Waals surface area contributed by atoms with Gasteiger partial charge in [0.1, 0.15) is 0 Å². The fourth-order valence-corrected chi connectivity index (χ4v) is 2.87. The van der Waals surface area contributed by atoms with Crippen molar-refractivity contribution in [2.24, 2.45) is 0 Å². The second-order valence-corrected chi connectivity index (χ2v) is 8.09. The van der Waals surface area contributed by atoms with Gasteiger partial charge in [-0.1, -0.05) is 96.8 Å². The number of halogens is 1. The Morgan fingerprint density at radius 1 is 0.571 bits per heavy atom. The van der Waals surface area contributed by atoms with Crippen molar-refractivity contribution < 1.29 is 0 Å². The first-order chi connectivity index (χ1) is 9.56. The van der Waals surface area contributed by atoms with Gasteiger partial charge in [0.25, 0.3) is 0 Å². The highest BCUT2D eigenvalue weighted by molar-refractivity contribution is 6.23. The molecule has 3 N–H and O–H groups in total. The van der Waals surface area contributed by atoms with Crippen LogP contribution < -0.4 is 6.15 Å². The van der Waals surface area contributed by atoms with Crippen molar-refractivity contribution in [3.05, 3.63) is 0 Å². The minimum absolute atomic E-state index is 0. The fourth-order valence-electron chi connectivity index (χ4n) is 2.74. The molecule has 0 fully saturated rings. The largest absolute Gasteiger partial charge is 0.344 e. The lowest BCUT2D eigenvalue weighted by atomic mass is 10.0. The van der Waals surface area contributed by atoms with Crippen LogP contribution in [0.2, 0.25) is 0 Å². The monoisotopic (exact) mass is 319 g/mol. The molecule has 0 heterocycles. The highest BCUT2D eigenvalue weighted by Gasteiger charge is 2.11. The minimum Gasteiger partial charge on any atom is -0.344 e. The van der Waals surface area contributed by atoms with Crippen molar-refractivity contribution in [1.29, 1.82) is 0 Å². The zero-order valence-electron chi connectivity index (χ0n) is 15.2. The topological polar surface area (TPSA) is 35.0 Å². The number of hydrogen-bond donors (Lipinski definition) is 1. The molecule has 0 saturated heterocycles. The molecule has 0 rings (SSSR count). The zero-order chi connectivity index (χ0) is 15.1. The molecular weight excluding hydrogens is 278 g/mol. The first-order valence-electron chi connectivity index (χ1n) is 9.25. The van der Waals surface area contributed by atoms with Gasteiger partial charge in [0.05, 0.1) is 0 Å². The van der Waals surface area contributed by atoms with E-state index in [1.807, 2.05) is 0 Å². The molecule has 21 heavy (non-hydrogen) atoms. The molecule has 0 aromatic heterocycles. The molecule has 0 unspecified atom stereocenters. The average Bonchev–Trinajstić information content (AvgIpc) is 2.38. The van der Waals surface area contributed by atoms with Gasteiger partial charge in [0.15, 0.2) is 0 Å². The van der Waals surface area contributed by atoms with E-state index >= 15 is 0 Å². The standard InChI is InChI=1S/C19H39Cl.H3N/c1-4-5-6-7-8-9-10-11-12-13-14-15-16-17-18-19(2,3)20;/h4-18H2,1-3H3;1H3. The Morgan fingerprint density at radius 2 is 0.857 bits per heavy atom. The van der Waals surface area contributed by atoms with E-state index in [9.17, 15) is 0 Å². The first-order valence-corrected chi connectivity index (χ1v) is 9.63. The van der Waals surface area contributed by atoms with E-state index in [2.05, 4.69) is 20.8 Å². The van der Waals surface area contributed by atoms with E-state index in [4.69, 9.17) is 11.6 Å². The third-order valence-corrected chi connectivity index (χ3v) is 4.31. The average molecular weight is 320 g/mol. The van der Waals surface area contributed by atoms with E-state index < -0.39 is 0 Å². The fraction of sp³-hybridized carbons (Fsp3) is 1.00. The van der Waals surface area contributed by atoms with Gasteiger partial charge in [-0.2, -0.15) is 0 Å². The molecule has 0 aliphatic carbocycles. The summed E-state index contributed by atoms with van der Waals surface area (Å²) in [5, 5.41) is 0. The van der Waals surface area contributed by atoms with Crippen molar-refractivity contribution in [2.45, 2.75) is 122 Å². The molecule has 130 valence electrons. The van der Waals surface area contributed by atoms with Gasteiger partial charge in [-0.15, -0.1) is 11.6 Å². The Bertz CT molecular complexity index is 186. The summed E-state index contributed by atoms with van der Waals surface area (Å²) >= 11 is 6.18. The van der Waals surface area contributed by atoms with Crippen LogP contribution in [0.1, 0.15) is 117 Å². The van der Waals surface area contributed by atoms with Gasteiger partial charge in [-0.05, 0) is 20.3 Å². The zero-order valence-corrected chi connectivity index (χ0v) is 15.9. The number of rotatable bonds is 15. The lowest BCUT2D eigenvalue weighted by Gasteiger charge is -2.14. The molecule has 0 spiro atoms. The van der Waals surface area contributed by atoms with Crippen LogP contribution in [-0.2, 0) is 0 Å². The van der Waals surface area contributed by atoms with Crippen LogP contribution in [0, 0.1) is 0 Å². The van der Waals surface area contributed by atoms with E-state index in [-0.39, 0.29) is 11.0 Å². The Balaban J connectivity index is 0. The maximum Gasteiger partial charge on any atom is 0.0390 e. The summed E-state index contributed by atoms with van der Waals surface area (Å²) in [6.07, 6.45) is 21.1. The van der Waals surface area contributed by atoms with Crippen LogP contribution >= 0.6 is 11.6 Å². The maximum absolute atomic E-state index is 6.18. The summed E-state index contributed by atoms with van der Waals surface area (Å²) < 4.78 is 0. The molecule has 0 bridgehead atoms. The number of hydrogen-bond acceptors (Lipinski definition) is 1. The van der Waals surface area contributed by atoms with Crippen molar-refractivity contribution >= 4 is 11.6 Å². The van der Waals surface area contributed by atoms with Crippen LogP contribution in [0.4, 0.5) is 0 Å². The van der Waals surface area contributed by atoms with Crippen molar-refractivity contribution in [3.63, 3.8) is 0 Å². The van der Waals surface area contributed by atoms with Crippen molar-refractivity contribution in [2.75, 3.05) is 0 Å². The summed E-state index contributed by atoms with van der Waals surface area (Å²) in [6, 6.07) is 0. The predicted octanol–water partition coefficient (Wildman–Crippen LogP) is 8.04. The highest BCUT2D eigenvalue weighted by atomic mass is 35.5. The molecule has 0 radical (unpaired) electrons. The molecule has 0 saturated carbocycles. The SMILES string of the molecule is CCCCCCCCCCCCCCCCC(C)(C)Cl.N. The molecular formula is C19H42ClN. The predicted molar refractivity (Wildman–Crippen MR) is 99.9 cm³/mol. The van der Waals surface area contributed by atoms with E-state index in [1.54, 1.807) is 0 Å². The summed E-state index contributed by atoms with van der Waals surface area (Å²) in [5.41, 5.74) is 0. The minimum atomic E-state index is 0. The van der Waals surface area contributed by atoms with E-state index in [1.165, 1.54) is 89.9 Å². The quantitative estimate of drug-likeness (QED) is 0.240. The van der Waals surface area contributed by atoms with Crippen LogP contribution in [0.5, 0.6) is 0 Å². The number of unbranched alkanes of at least 4 members (excludes halogenated alkanes) is 13. The van der Waals surface area contributed by atoms with E-state index in [0.717, 1.165) is 6.42 Å². The Morgan fingerprint density at radius 3 is 1.14 bits per heavy atom. The third-order valence-electron chi connectivity index (χ3n) is 4.12. The van der Waals surface area contributed by atoms with Gasteiger partial charge < -0.3 is 6.15 Å². The second-order valence-electron chi connectivity index (χ2n) is 7.06. The van der Waals surface area contributed by atoms with Gasteiger partial charge in [0, 0.05) is 4.87 Å². The molecule has 1 nitrogen and oxygen atoms in total. The second kappa shape index (κ2) is 16.6. The molecule has 2 heteroatoms. The summed E-state index contributed by atoms with van der Waals surface area (Å²) in [7, 11) is 0. The molecule has 0 amide bonds. The molecule has 0 aliphatic rings.